The third-order valence-electron chi connectivity index (χ3n) is 5.67. The fourth-order valence-corrected chi connectivity index (χ4v) is 4.02. The second-order valence-electron chi connectivity index (χ2n) is 7.78. The molecule has 0 radical (unpaired) electrons. The van der Waals surface area contributed by atoms with Gasteiger partial charge >= 0.3 is 5.69 Å². The van der Waals surface area contributed by atoms with E-state index in [1.54, 1.807) is 12.1 Å². The van der Waals surface area contributed by atoms with Crippen LogP contribution >= 0.6 is 0 Å². The summed E-state index contributed by atoms with van der Waals surface area (Å²) in [5.41, 5.74) is -0.608. The molecule has 1 aliphatic carbocycles. The van der Waals surface area contributed by atoms with E-state index in [-0.39, 0.29) is 24.9 Å². The Hall–Kier alpha value is -2.77. The van der Waals surface area contributed by atoms with Crippen LogP contribution in [-0.4, -0.2) is 34.7 Å². The molecule has 1 aromatic carbocycles. The molecule has 164 valence electrons. The first kappa shape index (κ1) is 21.9. The smallest absolute Gasteiger partial charge is 0.328 e. The number of ether oxygens (including phenoxy) is 2. The number of rotatable bonds is 8. The average molecular weight is 418 g/mol. The zero-order valence-corrected chi connectivity index (χ0v) is 18.0. The summed E-state index contributed by atoms with van der Waals surface area (Å²) in [6, 6.07) is 3.36. The average Bonchev–Trinajstić information content (AvgIpc) is 2.71. The number of aromatic amines is 1. The number of hydrogen-bond acceptors (Lipinski definition) is 5. The number of aromatic nitrogens is 2. The van der Waals surface area contributed by atoms with Crippen molar-refractivity contribution >= 4 is 16.8 Å². The van der Waals surface area contributed by atoms with Gasteiger partial charge in [0.25, 0.3) is 5.56 Å². The van der Waals surface area contributed by atoms with E-state index in [9.17, 15) is 14.4 Å². The summed E-state index contributed by atoms with van der Waals surface area (Å²) in [7, 11) is 0. The van der Waals surface area contributed by atoms with Crippen molar-refractivity contribution in [2.24, 2.45) is 5.92 Å². The molecule has 1 fully saturated rings. The molecule has 2 atom stereocenters. The number of amides is 1. The highest BCUT2D eigenvalue weighted by atomic mass is 16.5. The van der Waals surface area contributed by atoms with Crippen LogP contribution in [0.15, 0.2) is 21.7 Å². The third kappa shape index (κ3) is 4.86. The van der Waals surface area contributed by atoms with E-state index in [1.165, 1.54) is 6.42 Å². The maximum absolute atomic E-state index is 12.9. The molecule has 0 bridgehead atoms. The van der Waals surface area contributed by atoms with Crippen LogP contribution in [0.25, 0.3) is 10.9 Å². The molecular formula is C22H31N3O5. The van der Waals surface area contributed by atoms with Crippen molar-refractivity contribution in [3.05, 3.63) is 33.0 Å². The number of carbonyl (C=O) groups is 1. The molecule has 8 heteroatoms. The topological polar surface area (TPSA) is 102 Å². The Morgan fingerprint density at radius 3 is 2.47 bits per heavy atom. The van der Waals surface area contributed by atoms with Crippen LogP contribution in [0.5, 0.6) is 11.5 Å². The third-order valence-corrected chi connectivity index (χ3v) is 5.67. The molecule has 2 aromatic rings. The van der Waals surface area contributed by atoms with Crippen molar-refractivity contribution in [2.45, 2.75) is 65.5 Å². The van der Waals surface area contributed by atoms with Crippen molar-refractivity contribution < 1.29 is 14.3 Å². The Morgan fingerprint density at radius 1 is 1.13 bits per heavy atom. The number of H-pyrrole nitrogens is 1. The molecule has 3 rings (SSSR count). The first-order valence-corrected chi connectivity index (χ1v) is 10.8. The van der Waals surface area contributed by atoms with E-state index in [4.69, 9.17) is 9.47 Å². The minimum absolute atomic E-state index is 0.0220. The monoisotopic (exact) mass is 417 g/mol. The van der Waals surface area contributed by atoms with Gasteiger partial charge in [0, 0.05) is 25.1 Å². The van der Waals surface area contributed by atoms with Gasteiger partial charge in [0.1, 0.15) is 0 Å². The van der Waals surface area contributed by atoms with Crippen LogP contribution in [-0.2, 0) is 11.3 Å². The lowest BCUT2D eigenvalue weighted by atomic mass is 9.86. The number of carbonyl (C=O) groups excluding carboxylic acids is 1. The summed E-state index contributed by atoms with van der Waals surface area (Å²) in [4.78, 5) is 40.6. The SMILES string of the molecule is CCOc1cc2[nH]c(=O)n(CCC(=O)N[C@@H]3CCCC[C@H]3C)c(=O)c2cc1OCC. The zero-order chi connectivity index (χ0) is 21.7. The van der Waals surface area contributed by atoms with Crippen molar-refractivity contribution in [1.29, 1.82) is 0 Å². The second-order valence-corrected chi connectivity index (χ2v) is 7.78. The lowest BCUT2D eigenvalue weighted by Gasteiger charge is -2.29. The minimum Gasteiger partial charge on any atom is -0.490 e. The first-order valence-electron chi connectivity index (χ1n) is 10.8. The maximum Gasteiger partial charge on any atom is 0.328 e. The van der Waals surface area contributed by atoms with E-state index in [2.05, 4.69) is 17.2 Å². The van der Waals surface area contributed by atoms with Crippen molar-refractivity contribution in [1.82, 2.24) is 14.9 Å². The van der Waals surface area contributed by atoms with Crippen LogP contribution in [0.2, 0.25) is 0 Å². The fraction of sp³-hybridized carbons (Fsp3) is 0.591. The number of nitrogens with zero attached hydrogens (tertiary/aromatic N) is 1. The lowest BCUT2D eigenvalue weighted by Crippen LogP contribution is -2.42. The lowest BCUT2D eigenvalue weighted by molar-refractivity contribution is -0.122. The number of fused-ring (bicyclic) bond motifs is 1. The summed E-state index contributed by atoms with van der Waals surface area (Å²) in [5, 5.41) is 3.38. The Kier molecular flexibility index (Phi) is 7.18. The van der Waals surface area contributed by atoms with Gasteiger partial charge in [-0.1, -0.05) is 19.8 Å². The summed E-state index contributed by atoms with van der Waals surface area (Å²) in [6.45, 7) is 6.71. The predicted molar refractivity (Wildman–Crippen MR) is 115 cm³/mol. The molecule has 1 aromatic heterocycles. The predicted octanol–water partition coefficient (Wildman–Crippen LogP) is 2.57. The first-order chi connectivity index (χ1) is 14.4. The molecule has 2 N–H and O–H groups in total. The van der Waals surface area contributed by atoms with Gasteiger partial charge < -0.3 is 19.8 Å². The van der Waals surface area contributed by atoms with Gasteiger partial charge in [-0.05, 0) is 38.7 Å². The second kappa shape index (κ2) is 9.82. The highest BCUT2D eigenvalue weighted by Gasteiger charge is 2.23. The van der Waals surface area contributed by atoms with Gasteiger partial charge in [0.2, 0.25) is 5.91 Å². The van der Waals surface area contributed by atoms with E-state index in [0.717, 1.165) is 23.8 Å². The zero-order valence-electron chi connectivity index (χ0n) is 18.0. The number of nitrogens with one attached hydrogen (secondary N) is 2. The molecule has 0 unspecified atom stereocenters. The van der Waals surface area contributed by atoms with Gasteiger partial charge in [0.15, 0.2) is 11.5 Å². The number of hydrogen-bond donors (Lipinski definition) is 2. The van der Waals surface area contributed by atoms with Crippen LogP contribution in [0.3, 0.4) is 0 Å². The van der Waals surface area contributed by atoms with Crippen molar-refractivity contribution in [3.8, 4) is 11.5 Å². The summed E-state index contributed by atoms with van der Waals surface area (Å²) in [5.74, 6) is 1.24. The highest BCUT2D eigenvalue weighted by molar-refractivity contribution is 5.81. The normalized spacial score (nSPS) is 18.9. The van der Waals surface area contributed by atoms with Gasteiger partial charge in [0.05, 0.1) is 24.1 Å². The molecule has 1 saturated carbocycles. The number of benzene rings is 1. The Morgan fingerprint density at radius 2 is 1.80 bits per heavy atom. The van der Waals surface area contributed by atoms with Crippen molar-refractivity contribution in [3.63, 3.8) is 0 Å². The van der Waals surface area contributed by atoms with E-state index in [1.807, 2.05) is 13.8 Å². The van der Waals surface area contributed by atoms with E-state index >= 15 is 0 Å². The molecule has 8 nitrogen and oxygen atoms in total. The van der Waals surface area contributed by atoms with Crippen molar-refractivity contribution in [2.75, 3.05) is 13.2 Å². The Labute approximate surface area is 175 Å². The van der Waals surface area contributed by atoms with Gasteiger partial charge in [-0.2, -0.15) is 0 Å². The Bertz CT molecular complexity index is 1010. The molecule has 1 heterocycles. The summed E-state index contributed by atoms with van der Waals surface area (Å²) >= 11 is 0. The minimum atomic E-state index is -0.544. The quantitative estimate of drug-likeness (QED) is 0.687. The molecule has 30 heavy (non-hydrogen) atoms. The Balaban J connectivity index is 1.81. The highest BCUT2D eigenvalue weighted by Crippen LogP contribution is 2.30. The molecule has 0 saturated heterocycles. The van der Waals surface area contributed by atoms with Crippen LogP contribution in [0.4, 0.5) is 0 Å². The molecule has 1 aliphatic rings. The largest absolute Gasteiger partial charge is 0.490 e. The van der Waals surface area contributed by atoms with Gasteiger partial charge in [-0.3, -0.25) is 14.2 Å². The molecule has 0 spiro atoms. The fourth-order valence-electron chi connectivity index (χ4n) is 4.02. The molecular weight excluding hydrogens is 386 g/mol. The maximum atomic E-state index is 12.9. The van der Waals surface area contributed by atoms with Crippen LogP contribution in [0, 0.1) is 5.92 Å². The summed E-state index contributed by atoms with van der Waals surface area (Å²) in [6.07, 6.45) is 4.48. The van der Waals surface area contributed by atoms with E-state index < -0.39 is 11.2 Å². The summed E-state index contributed by atoms with van der Waals surface area (Å²) < 4.78 is 12.2. The van der Waals surface area contributed by atoms with Gasteiger partial charge in [-0.25, -0.2) is 4.79 Å². The van der Waals surface area contributed by atoms with Crippen LogP contribution < -0.4 is 26.0 Å². The van der Waals surface area contributed by atoms with Crippen LogP contribution in [0.1, 0.15) is 52.9 Å². The van der Waals surface area contributed by atoms with Gasteiger partial charge in [-0.15, -0.1) is 0 Å². The molecule has 0 aliphatic heterocycles. The standard InChI is InChI=1S/C22H31N3O5/c1-4-29-18-12-15-17(13-19(18)30-5-2)24-22(28)25(21(15)27)11-10-20(26)23-16-9-7-6-8-14(16)3/h12-14,16H,4-11H2,1-3H3,(H,23,26)(H,24,28)/t14-,16-/m1/s1. The molecule has 1 amide bonds. The van der Waals surface area contributed by atoms with E-state index in [0.29, 0.717) is 41.5 Å².